The first-order valence-electron chi connectivity index (χ1n) is 23.3. The second-order valence-corrected chi connectivity index (χ2v) is 18.0. The van der Waals surface area contributed by atoms with E-state index in [2.05, 4.69) is 60.0 Å². The second-order valence-electron chi connectivity index (χ2n) is 17.7. The second kappa shape index (κ2) is 27.6. The normalized spacial score (nSPS) is 21.5. The summed E-state index contributed by atoms with van der Waals surface area (Å²) in [6.45, 7) is 8.02. The van der Waals surface area contributed by atoms with Crippen molar-refractivity contribution in [1.29, 1.82) is 0 Å². The van der Waals surface area contributed by atoms with E-state index >= 15 is 0 Å². The molecule has 1 aromatic heterocycles. The average molecular weight is 912 g/mol. The molecule has 2 aliphatic rings. The highest BCUT2D eigenvalue weighted by Crippen LogP contribution is 2.19. The number of unbranched alkanes of at least 4 members (excludes halogenated alkanes) is 5. The van der Waals surface area contributed by atoms with Crippen molar-refractivity contribution in [2.45, 2.75) is 173 Å². The lowest BCUT2D eigenvalue weighted by Gasteiger charge is -2.28. The highest BCUT2D eigenvalue weighted by Gasteiger charge is 2.37. The molecule has 3 heterocycles. The van der Waals surface area contributed by atoms with Crippen LogP contribution in [0.15, 0.2) is 42.9 Å². The number of amides is 6. The van der Waals surface area contributed by atoms with Crippen molar-refractivity contribution >= 4 is 44.1 Å². The lowest BCUT2D eigenvalue weighted by Crippen LogP contribution is -2.61. The molecule has 64 heavy (non-hydrogen) atoms. The molecular formula is C46H72N8O9P+. The predicted molar refractivity (Wildman–Crippen MR) is 240 cm³/mol. The quantitative estimate of drug-likeness (QED) is 0.0692. The number of nitrogens with one attached hydrogen (secondary N) is 5. The van der Waals surface area contributed by atoms with Gasteiger partial charge in [-0.2, -0.15) is 0 Å². The zero-order chi connectivity index (χ0) is 46.4. The predicted octanol–water partition coefficient (Wildman–Crippen LogP) is 3.19. The summed E-state index contributed by atoms with van der Waals surface area (Å²) >= 11 is 0. The van der Waals surface area contributed by atoms with Crippen molar-refractivity contribution in [3.63, 3.8) is 0 Å². The first kappa shape index (κ1) is 51.9. The molecule has 6 N–H and O–H groups in total. The fourth-order valence-electron chi connectivity index (χ4n) is 8.43. The molecule has 1 fully saturated rings. The summed E-state index contributed by atoms with van der Waals surface area (Å²) in [6.07, 6.45) is 15.1. The molecule has 4 rings (SSSR count). The Kier molecular flexibility index (Phi) is 22.4. The maximum absolute atomic E-state index is 14.4. The largest absolute Gasteiger partial charge is 0.394 e. The van der Waals surface area contributed by atoms with Gasteiger partial charge < -0.3 is 36.6 Å². The number of fused-ring (bicyclic) bond motifs is 2. The van der Waals surface area contributed by atoms with E-state index in [0.717, 1.165) is 69.9 Å². The number of hydrogen-bond acceptors (Lipinski definition) is 9. The van der Waals surface area contributed by atoms with Crippen LogP contribution in [0, 0.1) is 5.92 Å². The number of aryl methyl sites for hydroxylation is 3. The number of carbonyl (C=O) groups excluding carboxylic acids is 6. The van der Waals surface area contributed by atoms with Gasteiger partial charge in [0.15, 0.2) is 0 Å². The lowest BCUT2D eigenvalue weighted by atomic mass is 10.0. The van der Waals surface area contributed by atoms with Crippen LogP contribution in [0.2, 0.25) is 0 Å². The van der Waals surface area contributed by atoms with Crippen LogP contribution in [0.5, 0.6) is 0 Å². The first-order chi connectivity index (χ1) is 30.8. The van der Waals surface area contributed by atoms with Gasteiger partial charge in [-0.25, -0.2) is 13.7 Å². The Bertz CT molecular complexity index is 1830. The van der Waals surface area contributed by atoms with Crippen LogP contribution in [0.3, 0.4) is 0 Å². The molecule has 0 radical (unpaired) electrons. The minimum absolute atomic E-state index is 0.0192. The highest BCUT2D eigenvalue weighted by molar-refractivity contribution is 7.17. The number of benzene rings is 1. The van der Waals surface area contributed by atoms with Gasteiger partial charge in [0.25, 0.3) is 0 Å². The van der Waals surface area contributed by atoms with Crippen LogP contribution >= 0.6 is 8.69 Å². The smallest absolute Gasteiger partial charge is 0.327 e. The summed E-state index contributed by atoms with van der Waals surface area (Å²) in [4.78, 5) is 82.9. The van der Waals surface area contributed by atoms with E-state index in [0.29, 0.717) is 45.4 Å². The Morgan fingerprint density at radius 2 is 1.64 bits per heavy atom. The number of aromatic nitrogens is 2. The van der Waals surface area contributed by atoms with Crippen LogP contribution in [0.1, 0.15) is 122 Å². The molecule has 6 amide bonds. The van der Waals surface area contributed by atoms with Crippen LogP contribution in [0.25, 0.3) is 0 Å². The van der Waals surface area contributed by atoms with Crippen molar-refractivity contribution in [2.75, 3.05) is 19.7 Å². The van der Waals surface area contributed by atoms with Gasteiger partial charge in [0, 0.05) is 26.4 Å². The summed E-state index contributed by atoms with van der Waals surface area (Å²) in [5.41, 5.74) is 2.13. The SMILES string of the molecule is CC(=O)N1CCC[C@H]1C(=O)N[C@@H](CC(C)C)C(=O)N[C@H]1Cc2c[n+](cn2CCCCCCCCc2ccccc2)CCCCCCNC(=O)[C@H]([C@@H](C)OP=O)NC(=O)[C@H](CO)NC1=O. The molecule has 1 saturated heterocycles. The zero-order valence-electron chi connectivity index (χ0n) is 38.2. The molecular weight excluding hydrogens is 840 g/mol. The summed E-state index contributed by atoms with van der Waals surface area (Å²) in [5.74, 6) is -3.57. The third-order valence-corrected chi connectivity index (χ3v) is 12.4. The van der Waals surface area contributed by atoms with Gasteiger partial charge in [0.05, 0.1) is 25.8 Å². The fourth-order valence-corrected chi connectivity index (χ4v) is 8.68. The number of rotatable bonds is 19. The van der Waals surface area contributed by atoms with Gasteiger partial charge in [0.1, 0.15) is 42.1 Å². The number of carbonyl (C=O) groups is 6. The molecule has 0 spiro atoms. The maximum atomic E-state index is 14.4. The standard InChI is InChI=1S/C46H71N8O9P/c1-32(2)27-37(49-45(60)40-22-18-26-54(40)34(4)56)42(57)48-38-28-36-29-52(31-53(36)25-17-9-6-5-7-12-19-35-20-13-11-14-21-35)24-16-10-8-15-23-47-46(61)41(33(3)63-64-62)51-44(59)39(30-55)50-43(38)58/h11,13-14,20-21,29,31-33,37-41,55H,5-10,12,15-19,22-28,30H2,1-4H3,(H4-,47,48,49,50,51,57,58,59,60,61)/p+1/t33-,37+,38+,39+,40+,41+/m1/s1. The van der Waals surface area contributed by atoms with Crippen molar-refractivity contribution in [3.05, 3.63) is 54.1 Å². The van der Waals surface area contributed by atoms with Crippen LogP contribution < -0.4 is 31.2 Å². The average Bonchev–Trinajstić information content (AvgIpc) is 3.92. The van der Waals surface area contributed by atoms with Crippen LogP contribution in [-0.4, -0.2) is 106 Å². The Labute approximate surface area is 379 Å². The maximum Gasteiger partial charge on any atom is 0.327 e. The lowest BCUT2D eigenvalue weighted by molar-refractivity contribution is -0.697. The third-order valence-electron chi connectivity index (χ3n) is 12.0. The van der Waals surface area contributed by atoms with E-state index < -0.39 is 81.1 Å². The summed E-state index contributed by atoms with van der Waals surface area (Å²) < 4.78 is 20.6. The minimum atomic E-state index is -1.54. The molecule has 1 aromatic carbocycles. The van der Waals surface area contributed by atoms with Gasteiger partial charge in [-0.15, -0.1) is 0 Å². The number of nitrogens with zero attached hydrogens (tertiary/aromatic N) is 3. The topological polar surface area (TPSA) is 221 Å². The first-order valence-corrected chi connectivity index (χ1v) is 24.0. The Hall–Kier alpha value is -4.73. The van der Waals surface area contributed by atoms with Crippen LogP contribution in [-0.2, 0) is 63.8 Å². The van der Waals surface area contributed by atoms with Crippen molar-refractivity contribution in [1.82, 2.24) is 36.1 Å². The Morgan fingerprint density at radius 3 is 2.34 bits per heavy atom. The van der Waals surface area contributed by atoms with E-state index in [9.17, 15) is 38.4 Å². The molecule has 2 aliphatic heterocycles. The van der Waals surface area contributed by atoms with Crippen LogP contribution in [0.4, 0.5) is 0 Å². The molecule has 0 saturated carbocycles. The summed E-state index contributed by atoms with van der Waals surface area (Å²) in [5, 5.41) is 24.1. The van der Waals surface area contributed by atoms with Crippen molar-refractivity contribution in [2.24, 2.45) is 5.92 Å². The molecule has 6 atom stereocenters. The number of likely N-dealkylation sites (tertiary alicyclic amines) is 1. The Balaban J connectivity index is 1.58. The molecule has 354 valence electrons. The highest BCUT2D eigenvalue weighted by atomic mass is 31.1. The van der Waals surface area contributed by atoms with E-state index in [1.54, 1.807) is 0 Å². The third kappa shape index (κ3) is 17.0. The molecule has 0 aliphatic carbocycles. The number of hydrogen-bond donors (Lipinski definition) is 6. The molecule has 2 aromatic rings. The van der Waals surface area contributed by atoms with Gasteiger partial charge in [-0.05, 0) is 82.6 Å². The zero-order valence-corrected chi connectivity index (χ0v) is 39.1. The van der Waals surface area contributed by atoms with E-state index in [-0.39, 0.29) is 24.7 Å². The molecule has 0 unspecified atom stereocenters. The van der Waals surface area contributed by atoms with Gasteiger partial charge in [-0.3, -0.25) is 33.3 Å². The summed E-state index contributed by atoms with van der Waals surface area (Å²) in [7, 11) is -0.702. The monoisotopic (exact) mass is 912 g/mol. The number of aliphatic hydroxyl groups excluding tert-OH is 1. The molecule has 2 bridgehead atoms. The van der Waals surface area contributed by atoms with Crippen molar-refractivity contribution < 1.29 is 47.5 Å². The van der Waals surface area contributed by atoms with Gasteiger partial charge in [0.2, 0.25) is 41.8 Å². The van der Waals surface area contributed by atoms with Gasteiger partial charge >= 0.3 is 8.69 Å². The fraction of sp³-hybridized carbons (Fsp3) is 0.674. The van der Waals surface area contributed by atoms with E-state index in [4.69, 9.17) is 4.52 Å². The Morgan fingerprint density at radius 1 is 0.922 bits per heavy atom. The van der Waals surface area contributed by atoms with Gasteiger partial charge in [-0.1, -0.05) is 69.9 Å². The van der Waals surface area contributed by atoms with E-state index in [1.165, 1.54) is 24.3 Å². The molecule has 17 nitrogen and oxygen atoms in total. The number of imidazole rings is 1. The van der Waals surface area contributed by atoms with E-state index in [1.807, 2.05) is 32.4 Å². The number of aliphatic hydroxyl groups is 1. The summed E-state index contributed by atoms with van der Waals surface area (Å²) in [6, 6.07) is 4.63. The van der Waals surface area contributed by atoms with Crippen molar-refractivity contribution in [3.8, 4) is 0 Å². The molecule has 18 heteroatoms. The minimum Gasteiger partial charge on any atom is -0.394 e.